The van der Waals surface area contributed by atoms with E-state index in [0.717, 1.165) is 11.1 Å². The van der Waals surface area contributed by atoms with Crippen LogP contribution in [0, 0.1) is 13.8 Å². The highest BCUT2D eigenvalue weighted by Crippen LogP contribution is 2.28. The van der Waals surface area contributed by atoms with Gasteiger partial charge in [-0.15, -0.1) is 0 Å². The van der Waals surface area contributed by atoms with E-state index in [9.17, 15) is 13.2 Å². The molecule has 0 aliphatic carbocycles. The number of ether oxygens (including phenoxy) is 1. The molecule has 6 nitrogen and oxygen atoms in total. The first-order valence-corrected chi connectivity index (χ1v) is 11.5. The van der Waals surface area contributed by atoms with E-state index in [2.05, 4.69) is 10.0 Å². The van der Waals surface area contributed by atoms with Crippen LogP contribution in [0.1, 0.15) is 11.1 Å². The van der Waals surface area contributed by atoms with Gasteiger partial charge in [-0.3, -0.25) is 9.52 Å². The molecule has 0 bridgehead atoms. The zero-order valence-corrected chi connectivity index (χ0v) is 19.1. The van der Waals surface area contributed by atoms with Gasteiger partial charge in [-0.05, 0) is 67.4 Å². The minimum Gasteiger partial charge on any atom is -0.484 e. The first-order valence-electron chi connectivity index (χ1n) is 9.22. The predicted molar refractivity (Wildman–Crippen MR) is 124 cm³/mol. The van der Waals surface area contributed by atoms with Crippen LogP contribution in [0.15, 0.2) is 65.6 Å². The molecule has 0 spiro atoms. The Morgan fingerprint density at radius 2 is 1.55 bits per heavy atom. The fraction of sp³-hybridized carbons (Fsp3) is 0.136. The first kappa shape index (κ1) is 22.9. The molecule has 0 saturated heterocycles. The summed E-state index contributed by atoms with van der Waals surface area (Å²) in [6, 6.07) is 16.1. The van der Waals surface area contributed by atoms with Crippen LogP contribution in [-0.4, -0.2) is 20.9 Å². The second-order valence-electron chi connectivity index (χ2n) is 6.89. The van der Waals surface area contributed by atoms with Gasteiger partial charge >= 0.3 is 0 Å². The number of para-hydroxylation sites is 1. The summed E-state index contributed by atoms with van der Waals surface area (Å²) in [5, 5.41) is 3.04. The van der Waals surface area contributed by atoms with Gasteiger partial charge in [0.2, 0.25) is 0 Å². The number of carbonyl (C=O) groups is 1. The van der Waals surface area contributed by atoms with Gasteiger partial charge in [0.05, 0.1) is 26.3 Å². The third-order valence-corrected chi connectivity index (χ3v) is 6.23. The summed E-state index contributed by atoms with van der Waals surface area (Å²) in [6.45, 7) is 3.61. The number of amides is 1. The van der Waals surface area contributed by atoms with Crippen LogP contribution in [0.4, 0.5) is 11.4 Å². The van der Waals surface area contributed by atoms with E-state index in [1.807, 2.05) is 32.0 Å². The summed E-state index contributed by atoms with van der Waals surface area (Å²) in [5.41, 5.74) is 2.43. The number of sulfonamides is 1. The Bertz CT molecular complexity index is 1210. The van der Waals surface area contributed by atoms with Gasteiger partial charge in [-0.2, -0.15) is 0 Å². The molecule has 3 aromatic rings. The molecule has 0 unspecified atom stereocenters. The Labute approximate surface area is 191 Å². The molecule has 162 valence electrons. The Hall–Kier alpha value is -2.74. The largest absolute Gasteiger partial charge is 0.484 e. The SMILES string of the molecule is Cc1cc(C)cc(OCC(=O)Nc2cc(S(=O)(=O)Nc3ccccc3Cl)ccc2Cl)c1. The van der Waals surface area contributed by atoms with Crippen molar-refractivity contribution < 1.29 is 17.9 Å². The number of carbonyl (C=O) groups excluding carboxylic acids is 1. The van der Waals surface area contributed by atoms with Crippen LogP contribution < -0.4 is 14.8 Å². The number of benzene rings is 3. The van der Waals surface area contributed by atoms with E-state index in [-0.39, 0.29) is 32.9 Å². The van der Waals surface area contributed by atoms with Crippen LogP contribution in [0.3, 0.4) is 0 Å². The molecule has 3 rings (SSSR count). The van der Waals surface area contributed by atoms with Crippen LogP contribution in [0.2, 0.25) is 10.0 Å². The average Bonchev–Trinajstić information content (AvgIpc) is 2.69. The lowest BCUT2D eigenvalue weighted by Gasteiger charge is -2.13. The second kappa shape index (κ2) is 9.60. The molecule has 0 heterocycles. The highest BCUT2D eigenvalue weighted by molar-refractivity contribution is 7.92. The zero-order chi connectivity index (χ0) is 22.6. The zero-order valence-electron chi connectivity index (χ0n) is 16.8. The summed E-state index contributed by atoms with van der Waals surface area (Å²) < 4.78 is 33.4. The van der Waals surface area contributed by atoms with Crippen LogP contribution >= 0.6 is 23.2 Å². The summed E-state index contributed by atoms with van der Waals surface area (Å²) in [5.74, 6) is 0.0914. The minimum atomic E-state index is -3.95. The van der Waals surface area contributed by atoms with Crippen LogP contribution in [-0.2, 0) is 14.8 Å². The molecule has 0 aliphatic rings. The van der Waals surface area contributed by atoms with Crippen molar-refractivity contribution in [2.24, 2.45) is 0 Å². The van der Waals surface area contributed by atoms with Gasteiger partial charge in [0.25, 0.3) is 15.9 Å². The van der Waals surface area contributed by atoms with E-state index in [4.69, 9.17) is 27.9 Å². The van der Waals surface area contributed by atoms with Crippen molar-refractivity contribution in [3.05, 3.63) is 81.8 Å². The van der Waals surface area contributed by atoms with Gasteiger partial charge in [-0.25, -0.2) is 8.42 Å². The molecule has 31 heavy (non-hydrogen) atoms. The smallest absolute Gasteiger partial charge is 0.262 e. The minimum absolute atomic E-state index is 0.0812. The molecular formula is C22H20Cl2N2O4S. The second-order valence-corrected chi connectivity index (χ2v) is 9.38. The lowest BCUT2D eigenvalue weighted by molar-refractivity contribution is -0.118. The number of rotatable bonds is 7. The van der Waals surface area contributed by atoms with Crippen LogP contribution in [0.25, 0.3) is 0 Å². The summed E-state index contributed by atoms with van der Waals surface area (Å²) in [7, 11) is -3.95. The molecule has 0 atom stereocenters. The summed E-state index contributed by atoms with van der Waals surface area (Å²) in [6.07, 6.45) is 0. The highest BCUT2D eigenvalue weighted by Gasteiger charge is 2.18. The molecule has 1 amide bonds. The Kier molecular flexibility index (Phi) is 7.10. The van der Waals surface area contributed by atoms with E-state index >= 15 is 0 Å². The Morgan fingerprint density at radius 1 is 0.903 bits per heavy atom. The maximum Gasteiger partial charge on any atom is 0.262 e. The number of anilines is 2. The normalized spacial score (nSPS) is 11.1. The molecule has 3 aromatic carbocycles. The monoisotopic (exact) mass is 478 g/mol. The van der Waals surface area contributed by atoms with E-state index < -0.39 is 15.9 Å². The topological polar surface area (TPSA) is 84.5 Å². The van der Waals surface area contributed by atoms with Crippen molar-refractivity contribution >= 4 is 50.5 Å². The van der Waals surface area contributed by atoms with Crippen molar-refractivity contribution in [2.45, 2.75) is 18.7 Å². The summed E-state index contributed by atoms with van der Waals surface area (Å²) >= 11 is 12.2. The molecular weight excluding hydrogens is 459 g/mol. The maximum absolute atomic E-state index is 12.7. The number of hydrogen-bond acceptors (Lipinski definition) is 4. The van der Waals surface area contributed by atoms with Crippen molar-refractivity contribution in [1.82, 2.24) is 0 Å². The molecule has 0 aliphatic heterocycles. The predicted octanol–water partition coefficient (Wildman–Crippen LogP) is 5.43. The number of nitrogens with one attached hydrogen (secondary N) is 2. The molecule has 0 saturated carbocycles. The van der Waals surface area contributed by atoms with Gasteiger partial charge in [0, 0.05) is 0 Å². The van der Waals surface area contributed by atoms with Crippen molar-refractivity contribution in [3.63, 3.8) is 0 Å². The van der Waals surface area contributed by atoms with Crippen molar-refractivity contribution in [1.29, 1.82) is 0 Å². The van der Waals surface area contributed by atoms with E-state index in [1.54, 1.807) is 24.3 Å². The fourth-order valence-corrected chi connectivity index (χ4v) is 4.38. The van der Waals surface area contributed by atoms with Gasteiger partial charge in [0.15, 0.2) is 6.61 Å². The molecule has 2 N–H and O–H groups in total. The van der Waals surface area contributed by atoms with E-state index in [1.165, 1.54) is 18.2 Å². The summed E-state index contributed by atoms with van der Waals surface area (Å²) in [4.78, 5) is 12.2. The number of halogens is 2. The molecule has 0 aromatic heterocycles. The third kappa shape index (κ3) is 6.13. The first-order chi connectivity index (χ1) is 14.6. The number of hydrogen-bond donors (Lipinski definition) is 2. The van der Waals surface area contributed by atoms with Gasteiger partial charge in [0.1, 0.15) is 5.75 Å². The van der Waals surface area contributed by atoms with Crippen molar-refractivity contribution in [2.75, 3.05) is 16.6 Å². The molecule has 9 heteroatoms. The lowest BCUT2D eigenvalue weighted by atomic mass is 10.1. The average molecular weight is 479 g/mol. The van der Waals surface area contributed by atoms with Gasteiger partial charge < -0.3 is 10.1 Å². The van der Waals surface area contributed by atoms with E-state index in [0.29, 0.717) is 5.75 Å². The number of aryl methyl sites for hydroxylation is 2. The quantitative estimate of drug-likeness (QED) is 0.474. The van der Waals surface area contributed by atoms with Crippen LogP contribution in [0.5, 0.6) is 5.75 Å². The highest BCUT2D eigenvalue weighted by atomic mass is 35.5. The standard InChI is InChI=1S/C22H20Cl2N2O4S/c1-14-9-15(2)11-16(10-14)30-13-22(27)25-21-12-17(7-8-19(21)24)31(28,29)26-20-6-4-3-5-18(20)23/h3-12,26H,13H2,1-2H3,(H,25,27). The van der Waals surface area contributed by atoms with Crippen molar-refractivity contribution in [3.8, 4) is 5.75 Å². The molecule has 0 radical (unpaired) electrons. The Balaban J connectivity index is 1.73. The lowest BCUT2D eigenvalue weighted by Crippen LogP contribution is -2.21. The Morgan fingerprint density at radius 3 is 2.23 bits per heavy atom. The third-order valence-electron chi connectivity index (χ3n) is 4.21. The molecule has 0 fully saturated rings. The maximum atomic E-state index is 12.7. The fourth-order valence-electron chi connectivity index (χ4n) is 2.87. The van der Waals surface area contributed by atoms with Gasteiger partial charge in [-0.1, -0.05) is 41.4 Å².